The Kier molecular flexibility index (Phi) is 9.74. The summed E-state index contributed by atoms with van der Waals surface area (Å²) in [6.07, 6.45) is -3.23. The van der Waals surface area contributed by atoms with Gasteiger partial charge in [-0.1, -0.05) is 47.5 Å². The number of methoxy groups -OCH3 is 1. The van der Waals surface area contributed by atoms with Gasteiger partial charge in [0.2, 0.25) is 5.91 Å². The third kappa shape index (κ3) is 7.48. The van der Waals surface area contributed by atoms with E-state index < -0.39 is 30.1 Å². The van der Waals surface area contributed by atoms with Crippen LogP contribution >= 0.6 is 23.2 Å². The van der Waals surface area contributed by atoms with Crippen molar-refractivity contribution < 1.29 is 29.3 Å². The number of aliphatic hydroxyl groups excluding tert-OH is 2. The Balaban J connectivity index is 2.20. The fraction of sp³-hybridized carbons (Fsp3) is 0.364. The van der Waals surface area contributed by atoms with Crippen LogP contribution in [0.25, 0.3) is 11.1 Å². The van der Waals surface area contributed by atoms with Gasteiger partial charge in [0.15, 0.2) is 6.10 Å². The van der Waals surface area contributed by atoms with Crippen molar-refractivity contribution in [2.45, 2.75) is 31.6 Å². The van der Waals surface area contributed by atoms with Crippen LogP contribution in [0.15, 0.2) is 42.5 Å². The van der Waals surface area contributed by atoms with Gasteiger partial charge in [0.1, 0.15) is 12.7 Å². The number of esters is 1. The van der Waals surface area contributed by atoms with Crippen LogP contribution in [0.2, 0.25) is 10.0 Å². The van der Waals surface area contributed by atoms with Crippen LogP contribution < -0.4 is 5.32 Å². The monoisotopic (exact) mass is 469 g/mol. The normalized spacial score (nSPS) is 13.9. The minimum Gasteiger partial charge on any atom is -0.464 e. The Morgan fingerprint density at radius 2 is 1.65 bits per heavy atom. The lowest BCUT2D eigenvalue weighted by Crippen LogP contribution is -2.53. The van der Waals surface area contributed by atoms with Crippen LogP contribution in [-0.4, -0.2) is 60.7 Å². The van der Waals surface area contributed by atoms with Gasteiger partial charge in [-0.3, -0.25) is 4.79 Å². The number of hydrogen-bond donors (Lipinski definition) is 3. The van der Waals surface area contributed by atoms with Crippen molar-refractivity contribution in [2.24, 2.45) is 0 Å². The summed E-state index contributed by atoms with van der Waals surface area (Å²) in [4.78, 5) is 23.8. The maximum Gasteiger partial charge on any atom is 0.337 e. The molecule has 2 aromatic rings. The first-order valence-electron chi connectivity index (χ1n) is 9.61. The summed E-state index contributed by atoms with van der Waals surface area (Å²) < 4.78 is 9.55. The number of ether oxygens (including phenoxy) is 2. The van der Waals surface area contributed by atoms with Gasteiger partial charge < -0.3 is 25.0 Å². The summed E-state index contributed by atoms with van der Waals surface area (Å²) >= 11 is 12.1. The second-order valence-corrected chi connectivity index (χ2v) is 7.73. The number of halogens is 2. The fourth-order valence-corrected chi connectivity index (χ4v) is 3.56. The molecule has 0 saturated carbocycles. The minimum absolute atomic E-state index is 0.0539. The van der Waals surface area contributed by atoms with Crippen molar-refractivity contribution in [3.05, 3.63) is 58.1 Å². The lowest BCUT2D eigenvalue weighted by atomic mass is 9.96. The molecule has 0 aliphatic rings. The van der Waals surface area contributed by atoms with E-state index in [0.29, 0.717) is 10.0 Å². The summed E-state index contributed by atoms with van der Waals surface area (Å²) in [5, 5.41) is 24.3. The molecule has 0 heterocycles. The third-order valence-electron chi connectivity index (χ3n) is 4.49. The summed E-state index contributed by atoms with van der Waals surface area (Å²) in [5.74, 6) is -1.46. The Labute approximate surface area is 190 Å². The standard InChI is InChI=1S/C22H25Cl2NO6/c1-3-31-22(29)21(28)20(27)18(25-19(26)12-30-2)8-13-4-6-14(7-5-13)15-9-16(23)11-17(24)10-15/h4-7,9-11,18,20-21,27-28H,3,8,12H2,1-2H3,(H,25,26)/t18?,20-,21+/m0/s1. The number of amides is 1. The van der Waals surface area contributed by atoms with Gasteiger partial charge in [-0.25, -0.2) is 4.79 Å². The molecule has 1 amide bonds. The molecular weight excluding hydrogens is 445 g/mol. The maximum absolute atomic E-state index is 12.0. The molecule has 2 rings (SSSR count). The number of hydrogen-bond acceptors (Lipinski definition) is 6. The average Bonchev–Trinajstić information content (AvgIpc) is 2.72. The van der Waals surface area contributed by atoms with Crippen molar-refractivity contribution in [3.63, 3.8) is 0 Å². The molecule has 0 aromatic heterocycles. The van der Waals surface area contributed by atoms with E-state index in [2.05, 4.69) is 5.32 Å². The number of carbonyl (C=O) groups excluding carboxylic acids is 2. The lowest BCUT2D eigenvalue weighted by molar-refractivity contribution is -0.161. The molecule has 3 atom stereocenters. The first kappa shape index (κ1) is 25.1. The van der Waals surface area contributed by atoms with E-state index in [1.165, 1.54) is 7.11 Å². The molecule has 31 heavy (non-hydrogen) atoms. The zero-order valence-electron chi connectivity index (χ0n) is 17.2. The van der Waals surface area contributed by atoms with Crippen LogP contribution in [0.5, 0.6) is 0 Å². The van der Waals surface area contributed by atoms with Gasteiger partial charge in [-0.2, -0.15) is 0 Å². The summed E-state index contributed by atoms with van der Waals surface area (Å²) in [6, 6.07) is 11.6. The topological polar surface area (TPSA) is 105 Å². The third-order valence-corrected chi connectivity index (χ3v) is 4.93. The van der Waals surface area contributed by atoms with Crippen LogP contribution in [0.4, 0.5) is 0 Å². The van der Waals surface area contributed by atoms with Gasteiger partial charge in [-0.15, -0.1) is 0 Å². The molecule has 0 saturated heterocycles. The van der Waals surface area contributed by atoms with Crippen molar-refractivity contribution in [3.8, 4) is 11.1 Å². The van der Waals surface area contributed by atoms with Gasteiger partial charge in [0, 0.05) is 17.2 Å². The zero-order chi connectivity index (χ0) is 23.0. The Hall–Kier alpha value is -2.16. The van der Waals surface area contributed by atoms with E-state index in [9.17, 15) is 19.8 Å². The fourth-order valence-electron chi connectivity index (χ4n) is 3.03. The van der Waals surface area contributed by atoms with Crippen LogP contribution in [0, 0.1) is 0 Å². The van der Waals surface area contributed by atoms with E-state index in [0.717, 1.165) is 16.7 Å². The minimum atomic E-state index is -1.80. The van der Waals surface area contributed by atoms with Crippen molar-refractivity contribution >= 4 is 35.1 Å². The first-order valence-corrected chi connectivity index (χ1v) is 10.4. The molecule has 9 heteroatoms. The zero-order valence-corrected chi connectivity index (χ0v) is 18.7. The highest BCUT2D eigenvalue weighted by Gasteiger charge is 2.33. The van der Waals surface area contributed by atoms with Crippen molar-refractivity contribution in [1.29, 1.82) is 0 Å². The van der Waals surface area contributed by atoms with E-state index in [1.807, 2.05) is 24.3 Å². The quantitative estimate of drug-likeness (QED) is 0.462. The molecule has 0 aliphatic carbocycles. The largest absolute Gasteiger partial charge is 0.464 e. The molecule has 0 radical (unpaired) electrons. The lowest BCUT2D eigenvalue weighted by Gasteiger charge is -2.27. The Bertz CT molecular complexity index is 870. The van der Waals surface area contributed by atoms with Crippen LogP contribution in [-0.2, 0) is 25.5 Å². The van der Waals surface area contributed by atoms with Gasteiger partial charge in [0.25, 0.3) is 0 Å². The van der Waals surface area contributed by atoms with E-state index in [4.69, 9.17) is 32.7 Å². The first-order chi connectivity index (χ1) is 14.7. The number of nitrogens with one attached hydrogen (secondary N) is 1. The van der Waals surface area contributed by atoms with Gasteiger partial charge in [0.05, 0.1) is 12.6 Å². The maximum atomic E-state index is 12.0. The van der Waals surface area contributed by atoms with Gasteiger partial charge >= 0.3 is 5.97 Å². The predicted octanol–water partition coefficient (Wildman–Crippen LogP) is 2.62. The summed E-state index contributed by atoms with van der Waals surface area (Å²) in [7, 11) is 1.36. The highest BCUT2D eigenvalue weighted by molar-refractivity contribution is 6.35. The second-order valence-electron chi connectivity index (χ2n) is 6.85. The van der Waals surface area contributed by atoms with Gasteiger partial charge in [-0.05, 0) is 48.2 Å². The van der Waals surface area contributed by atoms with E-state index >= 15 is 0 Å². The van der Waals surface area contributed by atoms with Crippen LogP contribution in [0.1, 0.15) is 12.5 Å². The summed E-state index contributed by atoms with van der Waals surface area (Å²) in [5.41, 5.74) is 2.47. The molecule has 7 nitrogen and oxygen atoms in total. The number of carbonyl (C=O) groups is 2. The highest BCUT2D eigenvalue weighted by Crippen LogP contribution is 2.27. The van der Waals surface area contributed by atoms with Crippen molar-refractivity contribution in [1.82, 2.24) is 5.32 Å². The Morgan fingerprint density at radius 3 is 2.19 bits per heavy atom. The molecule has 168 valence electrons. The Morgan fingerprint density at radius 1 is 1.03 bits per heavy atom. The molecule has 1 unspecified atom stereocenters. The molecule has 3 N–H and O–H groups in total. The number of aliphatic hydroxyl groups is 2. The smallest absolute Gasteiger partial charge is 0.337 e. The van der Waals surface area contributed by atoms with E-state index in [1.54, 1.807) is 25.1 Å². The predicted molar refractivity (Wildman–Crippen MR) is 118 cm³/mol. The number of rotatable bonds is 10. The number of benzene rings is 2. The molecule has 2 aromatic carbocycles. The molecular formula is C22H25Cl2NO6. The molecule has 0 spiro atoms. The molecule has 0 fully saturated rings. The SMILES string of the molecule is CCOC(=O)[C@H](O)[C@@H](O)C(Cc1ccc(-c2cc(Cl)cc(Cl)c2)cc1)NC(=O)COC. The molecule has 0 bridgehead atoms. The van der Waals surface area contributed by atoms with E-state index in [-0.39, 0.29) is 19.6 Å². The highest BCUT2D eigenvalue weighted by atomic mass is 35.5. The second kappa shape index (κ2) is 12.0. The molecule has 0 aliphatic heterocycles. The van der Waals surface area contributed by atoms with Crippen LogP contribution in [0.3, 0.4) is 0 Å². The van der Waals surface area contributed by atoms with Crippen molar-refractivity contribution in [2.75, 3.05) is 20.3 Å². The summed E-state index contributed by atoms with van der Waals surface area (Å²) in [6.45, 7) is 1.41. The average molecular weight is 470 g/mol.